The number of halogens is 1. The predicted octanol–water partition coefficient (Wildman–Crippen LogP) is 1.75. The minimum atomic E-state index is -0.345. The summed E-state index contributed by atoms with van der Waals surface area (Å²) >= 11 is 5.48. The van der Waals surface area contributed by atoms with Crippen LogP contribution in [-0.4, -0.2) is 50.3 Å². The van der Waals surface area contributed by atoms with E-state index >= 15 is 0 Å². The van der Waals surface area contributed by atoms with Gasteiger partial charge in [0.05, 0.1) is 17.7 Å². The van der Waals surface area contributed by atoms with Crippen molar-refractivity contribution in [3.63, 3.8) is 0 Å². The van der Waals surface area contributed by atoms with Crippen LogP contribution in [0.4, 0.5) is 0 Å². The molecule has 0 saturated carbocycles. The van der Waals surface area contributed by atoms with Crippen LogP contribution >= 0.6 is 11.6 Å². The zero-order valence-electron chi connectivity index (χ0n) is 12.7. The number of fused-ring (bicyclic) bond motifs is 2. The molecule has 2 aromatic carbocycles. The highest BCUT2D eigenvalue weighted by molar-refractivity contribution is 6.28. The molecule has 0 fully saturated rings. The molecule has 25 heavy (non-hydrogen) atoms. The summed E-state index contributed by atoms with van der Waals surface area (Å²) in [6, 6.07) is 11.0. The number of aromatic nitrogens is 4. The molecule has 0 N–H and O–H groups in total. The molecule has 0 atom stereocenters. The Morgan fingerprint density at radius 2 is 1.48 bits per heavy atom. The fourth-order valence-corrected chi connectivity index (χ4v) is 2.75. The molecule has 2 amide bonds. The SMILES string of the molecule is O=C1c2cc3ccccc3cc2C(=O)N1CCOc1nnc(Cl)nn1. The molecule has 0 aliphatic carbocycles. The Hall–Kier alpha value is -3.13. The first kappa shape index (κ1) is 15.4. The number of amides is 2. The van der Waals surface area contributed by atoms with Gasteiger partial charge in [0.15, 0.2) is 0 Å². The minimum absolute atomic E-state index is 0.0238. The van der Waals surface area contributed by atoms with Gasteiger partial charge in [-0.25, -0.2) is 0 Å². The lowest BCUT2D eigenvalue weighted by Gasteiger charge is -2.13. The lowest BCUT2D eigenvalue weighted by Crippen LogP contribution is -2.33. The van der Waals surface area contributed by atoms with Crippen LogP contribution in [0.25, 0.3) is 10.8 Å². The molecule has 2 heterocycles. The number of rotatable bonds is 4. The molecule has 0 radical (unpaired) electrons. The van der Waals surface area contributed by atoms with E-state index < -0.39 is 0 Å². The highest BCUT2D eigenvalue weighted by Crippen LogP contribution is 2.27. The molecule has 0 bridgehead atoms. The molecular formula is C16H10ClN5O3. The Morgan fingerprint density at radius 1 is 0.920 bits per heavy atom. The molecule has 1 aliphatic rings. The third kappa shape index (κ3) is 2.76. The van der Waals surface area contributed by atoms with Crippen molar-refractivity contribution >= 4 is 34.2 Å². The van der Waals surface area contributed by atoms with Crippen LogP contribution in [-0.2, 0) is 0 Å². The first-order chi connectivity index (χ1) is 12.1. The molecule has 0 saturated heterocycles. The van der Waals surface area contributed by atoms with E-state index in [-0.39, 0.29) is 36.3 Å². The maximum absolute atomic E-state index is 12.5. The Kier molecular flexibility index (Phi) is 3.73. The fraction of sp³-hybridized carbons (Fsp3) is 0.125. The number of benzene rings is 2. The summed E-state index contributed by atoms with van der Waals surface area (Å²) in [6.45, 7) is 0.0880. The van der Waals surface area contributed by atoms with Gasteiger partial charge in [0, 0.05) is 0 Å². The normalized spacial score (nSPS) is 13.4. The summed E-state index contributed by atoms with van der Waals surface area (Å²) in [7, 11) is 0. The van der Waals surface area contributed by atoms with E-state index in [1.54, 1.807) is 12.1 Å². The van der Waals surface area contributed by atoms with Gasteiger partial charge in [-0.05, 0) is 34.5 Å². The van der Waals surface area contributed by atoms with Gasteiger partial charge in [-0.1, -0.05) is 34.5 Å². The molecular weight excluding hydrogens is 346 g/mol. The van der Waals surface area contributed by atoms with Crippen molar-refractivity contribution in [1.29, 1.82) is 0 Å². The van der Waals surface area contributed by atoms with Crippen molar-refractivity contribution in [1.82, 2.24) is 25.3 Å². The Bertz CT molecular complexity index is 938. The highest BCUT2D eigenvalue weighted by Gasteiger charge is 2.35. The molecule has 4 rings (SSSR count). The lowest BCUT2D eigenvalue weighted by atomic mass is 10.0. The van der Waals surface area contributed by atoms with Gasteiger partial charge < -0.3 is 4.74 Å². The summed E-state index contributed by atoms with van der Waals surface area (Å²) in [6.07, 6.45) is 0. The quantitative estimate of drug-likeness (QED) is 0.657. The van der Waals surface area contributed by atoms with Crippen LogP contribution in [0.3, 0.4) is 0 Å². The van der Waals surface area contributed by atoms with Crippen LogP contribution in [0.5, 0.6) is 6.01 Å². The van der Waals surface area contributed by atoms with Gasteiger partial charge in [-0.2, -0.15) is 0 Å². The molecule has 124 valence electrons. The molecule has 0 unspecified atom stereocenters. The standard InChI is InChI=1S/C16H10ClN5O3/c17-15-18-20-16(21-19-15)25-6-5-22-13(23)11-7-9-3-1-2-4-10(9)8-12(11)14(22)24/h1-4,7-8H,5-6H2. The summed E-state index contributed by atoms with van der Waals surface area (Å²) in [4.78, 5) is 26.2. The number of hydrogen-bond acceptors (Lipinski definition) is 7. The maximum Gasteiger partial charge on any atom is 0.355 e. The summed E-state index contributed by atoms with van der Waals surface area (Å²) in [5.74, 6) is -0.690. The zero-order chi connectivity index (χ0) is 17.4. The van der Waals surface area contributed by atoms with Gasteiger partial charge in [0.25, 0.3) is 17.1 Å². The summed E-state index contributed by atoms with van der Waals surface area (Å²) < 4.78 is 5.24. The van der Waals surface area contributed by atoms with Crippen LogP contribution in [0.15, 0.2) is 36.4 Å². The van der Waals surface area contributed by atoms with Crippen molar-refractivity contribution in [2.45, 2.75) is 0 Å². The van der Waals surface area contributed by atoms with E-state index in [9.17, 15) is 9.59 Å². The zero-order valence-corrected chi connectivity index (χ0v) is 13.5. The smallest absolute Gasteiger partial charge is 0.355 e. The lowest BCUT2D eigenvalue weighted by molar-refractivity contribution is 0.0628. The van der Waals surface area contributed by atoms with E-state index in [2.05, 4.69) is 20.4 Å². The van der Waals surface area contributed by atoms with Crippen molar-refractivity contribution in [2.24, 2.45) is 0 Å². The van der Waals surface area contributed by atoms with Crippen molar-refractivity contribution < 1.29 is 14.3 Å². The van der Waals surface area contributed by atoms with E-state index in [0.29, 0.717) is 11.1 Å². The first-order valence-corrected chi connectivity index (χ1v) is 7.76. The molecule has 8 nitrogen and oxygen atoms in total. The van der Waals surface area contributed by atoms with Gasteiger partial charge in [-0.3, -0.25) is 14.5 Å². The number of carbonyl (C=O) groups excluding carboxylic acids is 2. The molecule has 9 heteroatoms. The number of imide groups is 1. The van der Waals surface area contributed by atoms with Gasteiger partial charge in [-0.15, -0.1) is 10.2 Å². The molecule has 0 spiro atoms. The average Bonchev–Trinajstić information content (AvgIpc) is 2.86. The second-order valence-corrected chi connectivity index (χ2v) is 5.65. The molecule has 1 aromatic heterocycles. The summed E-state index contributed by atoms with van der Waals surface area (Å²) in [5.41, 5.74) is 0.796. The largest absolute Gasteiger partial charge is 0.459 e. The van der Waals surface area contributed by atoms with Crippen molar-refractivity contribution in [3.8, 4) is 6.01 Å². The number of hydrogen-bond donors (Lipinski definition) is 0. The number of nitrogens with zero attached hydrogens (tertiary/aromatic N) is 5. The Balaban J connectivity index is 1.51. The topological polar surface area (TPSA) is 98.2 Å². The Labute approximate surface area is 146 Å². The second-order valence-electron chi connectivity index (χ2n) is 5.31. The fourth-order valence-electron chi connectivity index (χ4n) is 2.67. The average molecular weight is 356 g/mol. The van der Waals surface area contributed by atoms with Crippen LogP contribution in [0, 0.1) is 0 Å². The monoisotopic (exact) mass is 355 g/mol. The molecule has 1 aliphatic heterocycles. The van der Waals surface area contributed by atoms with E-state index in [0.717, 1.165) is 15.7 Å². The number of ether oxygens (including phenoxy) is 1. The minimum Gasteiger partial charge on any atom is -0.459 e. The number of carbonyl (C=O) groups is 2. The second kappa shape index (κ2) is 6.06. The van der Waals surface area contributed by atoms with Crippen LogP contribution in [0.2, 0.25) is 5.28 Å². The first-order valence-electron chi connectivity index (χ1n) is 7.38. The third-order valence-corrected chi connectivity index (χ3v) is 3.97. The predicted molar refractivity (Wildman–Crippen MR) is 87.4 cm³/mol. The van der Waals surface area contributed by atoms with Gasteiger partial charge in [0.2, 0.25) is 0 Å². The maximum atomic E-state index is 12.5. The summed E-state index contributed by atoms with van der Waals surface area (Å²) in [5, 5.41) is 15.9. The van der Waals surface area contributed by atoms with Crippen LogP contribution < -0.4 is 4.74 Å². The van der Waals surface area contributed by atoms with Crippen molar-refractivity contribution in [2.75, 3.05) is 13.2 Å². The highest BCUT2D eigenvalue weighted by atomic mass is 35.5. The van der Waals surface area contributed by atoms with Gasteiger partial charge in [0.1, 0.15) is 6.61 Å². The van der Waals surface area contributed by atoms with Crippen LogP contribution in [0.1, 0.15) is 20.7 Å². The van der Waals surface area contributed by atoms with E-state index in [1.165, 1.54) is 0 Å². The third-order valence-electron chi connectivity index (χ3n) is 3.82. The molecule has 3 aromatic rings. The van der Waals surface area contributed by atoms with E-state index in [1.807, 2.05) is 24.3 Å². The van der Waals surface area contributed by atoms with Gasteiger partial charge >= 0.3 is 6.01 Å². The Morgan fingerprint density at radius 3 is 2.04 bits per heavy atom. The van der Waals surface area contributed by atoms with Crippen molar-refractivity contribution in [3.05, 3.63) is 52.8 Å². The van der Waals surface area contributed by atoms with E-state index in [4.69, 9.17) is 16.3 Å².